The van der Waals surface area contributed by atoms with E-state index in [4.69, 9.17) is 14.2 Å². The molecule has 1 fully saturated rings. The zero-order chi connectivity index (χ0) is 16.9. The third-order valence-corrected chi connectivity index (χ3v) is 4.21. The number of ether oxygens (including phenoxy) is 3. The second kappa shape index (κ2) is 7.53. The number of rotatable bonds is 4. The van der Waals surface area contributed by atoms with Crippen LogP contribution in [0.5, 0.6) is 11.5 Å². The fourth-order valence-corrected chi connectivity index (χ4v) is 2.90. The van der Waals surface area contributed by atoms with Gasteiger partial charge >= 0.3 is 0 Å². The van der Waals surface area contributed by atoms with Gasteiger partial charge in [-0.1, -0.05) is 6.07 Å². The first-order valence-corrected chi connectivity index (χ1v) is 8.10. The van der Waals surface area contributed by atoms with Crippen LogP contribution < -0.4 is 9.47 Å². The van der Waals surface area contributed by atoms with Crippen molar-refractivity contribution in [1.29, 1.82) is 0 Å². The van der Waals surface area contributed by atoms with E-state index < -0.39 is 0 Å². The monoisotopic (exact) mass is 334 g/mol. The number of methoxy groups -OCH3 is 1. The average Bonchev–Trinajstić information content (AvgIpc) is 2.62. The molecule has 2 heterocycles. The molecule has 0 aromatic heterocycles. The normalized spacial score (nSPS) is 16.9. The first kappa shape index (κ1) is 16.6. The van der Waals surface area contributed by atoms with Crippen molar-refractivity contribution >= 4 is 11.8 Å². The fourth-order valence-electron chi connectivity index (χ4n) is 2.90. The summed E-state index contributed by atoms with van der Waals surface area (Å²) < 4.78 is 15.9. The summed E-state index contributed by atoms with van der Waals surface area (Å²) in [4.78, 5) is 27.8. The van der Waals surface area contributed by atoms with E-state index in [1.165, 1.54) is 7.11 Å². The molecular weight excluding hydrogens is 312 g/mol. The minimum Gasteiger partial charge on any atom is -0.486 e. The topological polar surface area (TPSA) is 68.3 Å². The predicted octanol–water partition coefficient (Wildman–Crippen LogP) is 0.318. The van der Waals surface area contributed by atoms with Crippen LogP contribution in [0.1, 0.15) is 5.56 Å². The van der Waals surface area contributed by atoms with E-state index in [1.807, 2.05) is 18.2 Å². The van der Waals surface area contributed by atoms with Crippen LogP contribution in [0.25, 0.3) is 0 Å². The van der Waals surface area contributed by atoms with E-state index in [9.17, 15) is 9.59 Å². The molecular formula is C17H22N2O5. The molecule has 2 amide bonds. The quantitative estimate of drug-likeness (QED) is 0.793. The highest BCUT2D eigenvalue weighted by Crippen LogP contribution is 2.31. The third kappa shape index (κ3) is 3.79. The van der Waals surface area contributed by atoms with Gasteiger partial charge in [-0.05, 0) is 17.7 Å². The summed E-state index contributed by atoms with van der Waals surface area (Å²) in [7, 11) is 1.50. The highest BCUT2D eigenvalue weighted by molar-refractivity contribution is 5.80. The summed E-state index contributed by atoms with van der Waals surface area (Å²) in [5, 5.41) is 0. The Hall–Kier alpha value is -2.28. The van der Waals surface area contributed by atoms with Gasteiger partial charge in [0.1, 0.15) is 19.8 Å². The molecule has 130 valence electrons. The first-order valence-electron chi connectivity index (χ1n) is 8.10. The van der Waals surface area contributed by atoms with Crippen LogP contribution in [-0.4, -0.2) is 74.7 Å². The van der Waals surface area contributed by atoms with Gasteiger partial charge in [-0.25, -0.2) is 0 Å². The van der Waals surface area contributed by atoms with Crippen LogP contribution in [0.3, 0.4) is 0 Å². The Balaban J connectivity index is 1.53. The second-order valence-electron chi connectivity index (χ2n) is 5.85. The lowest BCUT2D eigenvalue weighted by molar-refractivity contribution is -0.141. The standard InChI is InChI=1S/C17H22N2O5/c1-22-12-17(21)19-6-4-18(5-7-19)16(20)11-13-2-3-14-15(10-13)24-9-8-23-14/h2-3,10H,4-9,11-12H2,1H3. The van der Waals surface area contributed by atoms with Crippen molar-refractivity contribution in [3.63, 3.8) is 0 Å². The van der Waals surface area contributed by atoms with E-state index in [1.54, 1.807) is 9.80 Å². The van der Waals surface area contributed by atoms with Crippen molar-refractivity contribution < 1.29 is 23.8 Å². The molecule has 0 unspecified atom stereocenters. The molecule has 7 heteroatoms. The Bertz CT molecular complexity index is 611. The van der Waals surface area contributed by atoms with Gasteiger partial charge in [-0.2, -0.15) is 0 Å². The summed E-state index contributed by atoms with van der Waals surface area (Å²) in [6, 6.07) is 5.60. The minimum atomic E-state index is -0.0311. The van der Waals surface area contributed by atoms with Gasteiger partial charge in [0, 0.05) is 33.3 Å². The van der Waals surface area contributed by atoms with Gasteiger partial charge in [0.25, 0.3) is 0 Å². The molecule has 24 heavy (non-hydrogen) atoms. The number of carbonyl (C=O) groups excluding carboxylic acids is 2. The van der Waals surface area contributed by atoms with Gasteiger partial charge in [-0.3, -0.25) is 9.59 Å². The van der Waals surface area contributed by atoms with Gasteiger partial charge in [0.2, 0.25) is 11.8 Å². The molecule has 2 aliphatic rings. The number of benzene rings is 1. The van der Waals surface area contributed by atoms with E-state index in [-0.39, 0.29) is 18.4 Å². The van der Waals surface area contributed by atoms with Crippen LogP contribution in [0.15, 0.2) is 18.2 Å². The number of nitrogens with zero attached hydrogens (tertiary/aromatic N) is 2. The Labute approximate surface area is 141 Å². The summed E-state index contributed by atoms with van der Waals surface area (Å²) in [6.45, 7) is 3.38. The largest absolute Gasteiger partial charge is 0.486 e. The van der Waals surface area contributed by atoms with E-state index in [0.717, 1.165) is 11.3 Å². The lowest BCUT2D eigenvalue weighted by Crippen LogP contribution is -2.51. The van der Waals surface area contributed by atoms with Crippen molar-refractivity contribution in [1.82, 2.24) is 9.80 Å². The zero-order valence-corrected chi connectivity index (χ0v) is 13.8. The van der Waals surface area contributed by atoms with Crippen LogP contribution in [0, 0.1) is 0 Å². The van der Waals surface area contributed by atoms with Crippen molar-refractivity contribution in [2.24, 2.45) is 0 Å². The lowest BCUT2D eigenvalue weighted by atomic mass is 10.1. The smallest absolute Gasteiger partial charge is 0.248 e. The summed E-state index contributed by atoms with van der Waals surface area (Å²) in [5.41, 5.74) is 0.905. The summed E-state index contributed by atoms with van der Waals surface area (Å²) in [5.74, 6) is 1.45. The number of amides is 2. The zero-order valence-electron chi connectivity index (χ0n) is 13.8. The van der Waals surface area contributed by atoms with Crippen LogP contribution >= 0.6 is 0 Å². The molecule has 1 saturated heterocycles. The molecule has 0 spiro atoms. The maximum atomic E-state index is 12.5. The molecule has 3 rings (SSSR count). The van der Waals surface area contributed by atoms with Crippen LogP contribution in [0.4, 0.5) is 0 Å². The Kier molecular flexibility index (Phi) is 5.20. The maximum Gasteiger partial charge on any atom is 0.248 e. The van der Waals surface area contributed by atoms with E-state index in [0.29, 0.717) is 51.6 Å². The molecule has 7 nitrogen and oxygen atoms in total. The number of hydrogen-bond donors (Lipinski definition) is 0. The average molecular weight is 334 g/mol. The van der Waals surface area contributed by atoms with Crippen LogP contribution in [-0.2, 0) is 20.7 Å². The molecule has 0 aliphatic carbocycles. The Morgan fingerprint density at radius 3 is 2.29 bits per heavy atom. The van der Waals surface area contributed by atoms with Crippen LogP contribution in [0.2, 0.25) is 0 Å². The molecule has 0 bridgehead atoms. The minimum absolute atomic E-state index is 0.0311. The highest BCUT2D eigenvalue weighted by atomic mass is 16.6. The third-order valence-electron chi connectivity index (χ3n) is 4.21. The SMILES string of the molecule is COCC(=O)N1CCN(C(=O)Cc2ccc3c(c2)OCCO3)CC1. The number of carbonyl (C=O) groups is 2. The van der Waals surface area contributed by atoms with Crippen molar-refractivity contribution in [2.45, 2.75) is 6.42 Å². The van der Waals surface area contributed by atoms with Gasteiger partial charge in [-0.15, -0.1) is 0 Å². The Morgan fingerprint density at radius 1 is 1.00 bits per heavy atom. The van der Waals surface area contributed by atoms with E-state index in [2.05, 4.69) is 0 Å². The molecule has 1 aromatic carbocycles. The molecule has 0 N–H and O–H groups in total. The van der Waals surface area contributed by atoms with E-state index >= 15 is 0 Å². The molecule has 0 saturated carbocycles. The maximum absolute atomic E-state index is 12.5. The number of fused-ring (bicyclic) bond motifs is 1. The summed E-state index contributed by atoms with van der Waals surface area (Å²) >= 11 is 0. The van der Waals surface area contributed by atoms with Gasteiger partial charge in [0.05, 0.1) is 6.42 Å². The highest BCUT2D eigenvalue weighted by Gasteiger charge is 2.24. The first-order chi connectivity index (χ1) is 11.7. The lowest BCUT2D eigenvalue weighted by Gasteiger charge is -2.34. The Morgan fingerprint density at radius 2 is 1.62 bits per heavy atom. The number of piperazine rings is 1. The fraction of sp³-hybridized carbons (Fsp3) is 0.529. The molecule has 1 aromatic rings. The predicted molar refractivity (Wildman–Crippen MR) is 86.2 cm³/mol. The molecule has 0 radical (unpaired) electrons. The number of hydrogen-bond acceptors (Lipinski definition) is 5. The second-order valence-corrected chi connectivity index (χ2v) is 5.85. The van der Waals surface area contributed by atoms with Gasteiger partial charge < -0.3 is 24.0 Å². The van der Waals surface area contributed by atoms with Crippen molar-refractivity contribution in [2.75, 3.05) is 53.1 Å². The van der Waals surface area contributed by atoms with Crippen molar-refractivity contribution in [3.05, 3.63) is 23.8 Å². The summed E-state index contributed by atoms with van der Waals surface area (Å²) in [6.07, 6.45) is 0.322. The van der Waals surface area contributed by atoms with Crippen molar-refractivity contribution in [3.8, 4) is 11.5 Å². The molecule has 2 aliphatic heterocycles. The van der Waals surface area contributed by atoms with Gasteiger partial charge in [0.15, 0.2) is 11.5 Å². The molecule has 0 atom stereocenters.